The summed E-state index contributed by atoms with van der Waals surface area (Å²) in [5.74, 6) is 0.488. The normalized spacial score (nSPS) is 11.2. The van der Waals surface area contributed by atoms with Crippen LogP contribution in [-0.4, -0.2) is 0 Å². The molecule has 0 bridgehead atoms. The summed E-state index contributed by atoms with van der Waals surface area (Å²) in [6.07, 6.45) is 0. The van der Waals surface area contributed by atoms with Crippen LogP contribution in [-0.2, 0) is 6.54 Å². The van der Waals surface area contributed by atoms with E-state index >= 15 is 0 Å². The minimum atomic E-state index is -0.307. The van der Waals surface area contributed by atoms with Crippen LogP contribution in [0.4, 0.5) is 5.69 Å². The van der Waals surface area contributed by atoms with Crippen LogP contribution in [0.3, 0.4) is 0 Å². The molecular weight excluding hydrogens is 298 g/mol. The number of hydrogen-bond donors (Lipinski definition) is 1. The van der Waals surface area contributed by atoms with Crippen LogP contribution in [0.25, 0.3) is 11.0 Å². The van der Waals surface area contributed by atoms with E-state index in [0.29, 0.717) is 18.0 Å². The Balaban J connectivity index is 1.94. The van der Waals surface area contributed by atoms with Gasteiger partial charge in [0.2, 0.25) is 0 Å². The fourth-order valence-corrected chi connectivity index (χ4v) is 2.83. The Labute approximate surface area is 142 Å². The van der Waals surface area contributed by atoms with Crippen molar-refractivity contribution < 1.29 is 4.42 Å². The lowest BCUT2D eigenvalue weighted by atomic mass is 10.0. The summed E-state index contributed by atoms with van der Waals surface area (Å²) in [5.41, 5.74) is 5.98. The molecule has 0 aliphatic carbocycles. The summed E-state index contributed by atoms with van der Waals surface area (Å²) in [7, 11) is 0. The van der Waals surface area contributed by atoms with Gasteiger partial charge in [-0.15, -0.1) is 0 Å². The van der Waals surface area contributed by atoms with E-state index in [0.717, 1.165) is 22.2 Å². The maximum absolute atomic E-state index is 11.9. The van der Waals surface area contributed by atoms with Gasteiger partial charge in [0.15, 0.2) is 0 Å². The molecule has 3 aromatic rings. The van der Waals surface area contributed by atoms with E-state index in [1.807, 2.05) is 13.0 Å². The molecule has 0 saturated heterocycles. The molecule has 0 spiro atoms. The lowest BCUT2D eigenvalue weighted by molar-refractivity contribution is 0.559. The van der Waals surface area contributed by atoms with Gasteiger partial charge in [0.05, 0.1) is 0 Å². The summed E-state index contributed by atoms with van der Waals surface area (Å²) in [6.45, 7) is 9.05. The average molecular weight is 321 g/mol. The molecule has 1 heterocycles. The summed E-state index contributed by atoms with van der Waals surface area (Å²) in [4.78, 5) is 11.9. The van der Waals surface area contributed by atoms with Crippen molar-refractivity contribution >= 4 is 16.7 Å². The molecule has 0 unspecified atom stereocenters. The van der Waals surface area contributed by atoms with Crippen molar-refractivity contribution in [2.24, 2.45) is 0 Å². The lowest BCUT2D eigenvalue weighted by Crippen LogP contribution is -2.06. The Hall–Kier alpha value is -2.55. The van der Waals surface area contributed by atoms with Gasteiger partial charge in [0, 0.05) is 23.7 Å². The zero-order chi connectivity index (χ0) is 17.3. The molecule has 3 heteroatoms. The molecule has 0 amide bonds. The van der Waals surface area contributed by atoms with Crippen molar-refractivity contribution in [3.63, 3.8) is 0 Å². The van der Waals surface area contributed by atoms with Crippen molar-refractivity contribution in [1.82, 2.24) is 0 Å². The highest BCUT2D eigenvalue weighted by Crippen LogP contribution is 2.23. The maximum atomic E-state index is 11.9. The summed E-state index contributed by atoms with van der Waals surface area (Å²) < 4.78 is 5.36. The zero-order valence-electron chi connectivity index (χ0n) is 14.6. The van der Waals surface area contributed by atoms with Gasteiger partial charge in [-0.05, 0) is 66.3 Å². The smallest absolute Gasteiger partial charge is 0.336 e. The molecule has 24 heavy (non-hydrogen) atoms. The number of rotatable bonds is 4. The Morgan fingerprint density at radius 3 is 2.54 bits per heavy atom. The summed E-state index contributed by atoms with van der Waals surface area (Å²) >= 11 is 0. The van der Waals surface area contributed by atoms with E-state index in [1.165, 1.54) is 11.1 Å². The van der Waals surface area contributed by atoms with E-state index in [9.17, 15) is 4.79 Å². The van der Waals surface area contributed by atoms with E-state index in [-0.39, 0.29) is 5.63 Å². The Morgan fingerprint density at radius 2 is 1.79 bits per heavy atom. The van der Waals surface area contributed by atoms with Crippen LogP contribution in [0.15, 0.2) is 51.7 Å². The largest absolute Gasteiger partial charge is 0.423 e. The molecule has 3 nitrogen and oxygen atoms in total. The second-order valence-corrected chi connectivity index (χ2v) is 6.66. The van der Waals surface area contributed by atoms with Crippen molar-refractivity contribution in [2.45, 2.75) is 40.2 Å². The number of benzene rings is 2. The van der Waals surface area contributed by atoms with Crippen LogP contribution in [0.2, 0.25) is 0 Å². The third-order valence-corrected chi connectivity index (χ3v) is 4.48. The predicted molar refractivity (Wildman–Crippen MR) is 99.8 cm³/mol. The molecule has 0 fully saturated rings. The molecule has 1 aromatic heterocycles. The fourth-order valence-electron chi connectivity index (χ4n) is 2.83. The Bertz CT molecular complexity index is 938. The van der Waals surface area contributed by atoms with Crippen LogP contribution in [0.1, 0.15) is 42.0 Å². The first kappa shape index (κ1) is 16.3. The highest BCUT2D eigenvalue weighted by atomic mass is 16.4. The Morgan fingerprint density at radius 1 is 1.04 bits per heavy atom. The maximum Gasteiger partial charge on any atom is 0.336 e. The topological polar surface area (TPSA) is 42.2 Å². The molecule has 1 N–H and O–H groups in total. The molecule has 0 atom stereocenters. The molecule has 3 rings (SSSR count). The number of fused-ring (bicyclic) bond motifs is 1. The molecule has 0 radical (unpaired) electrons. The van der Waals surface area contributed by atoms with Gasteiger partial charge >= 0.3 is 5.63 Å². The summed E-state index contributed by atoms with van der Waals surface area (Å²) in [6, 6.07) is 14.0. The molecule has 0 aliphatic rings. The highest BCUT2D eigenvalue weighted by Gasteiger charge is 2.08. The van der Waals surface area contributed by atoms with Crippen LogP contribution in [0, 0.1) is 13.8 Å². The van der Waals surface area contributed by atoms with Gasteiger partial charge in [-0.2, -0.15) is 0 Å². The predicted octanol–water partition coefficient (Wildman–Crippen LogP) is 5.15. The molecular formula is C21H23NO2. The van der Waals surface area contributed by atoms with E-state index < -0.39 is 0 Å². The van der Waals surface area contributed by atoms with Gasteiger partial charge in [-0.1, -0.05) is 26.0 Å². The quantitative estimate of drug-likeness (QED) is 0.676. The van der Waals surface area contributed by atoms with Crippen molar-refractivity contribution in [3.05, 3.63) is 75.1 Å². The van der Waals surface area contributed by atoms with Crippen molar-refractivity contribution in [1.29, 1.82) is 0 Å². The number of anilines is 1. The van der Waals surface area contributed by atoms with Gasteiger partial charge < -0.3 is 9.73 Å². The average Bonchev–Trinajstić information content (AvgIpc) is 2.54. The first-order chi connectivity index (χ1) is 11.4. The van der Waals surface area contributed by atoms with Crippen molar-refractivity contribution in [2.75, 3.05) is 5.32 Å². The standard InChI is InChI=1S/C21H23NO2/c1-13(2)16-6-5-7-18(10-16)22-12-17-11-21(23)24-20-9-15(4)14(3)8-19(17)20/h5-11,13,22H,12H2,1-4H3. The molecule has 0 aliphatic heterocycles. The molecule has 0 saturated carbocycles. The van der Waals surface area contributed by atoms with Gasteiger partial charge in [0.1, 0.15) is 5.58 Å². The summed E-state index contributed by atoms with van der Waals surface area (Å²) in [5, 5.41) is 4.42. The first-order valence-electron chi connectivity index (χ1n) is 8.32. The van der Waals surface area contributed by atoms with Crippen molar-refractivity contribution in [3.8, 4) is 0 Å². The fraction of sp³-hybridized carbons (Fsp3) is 0.286. The van der Waals surface area contributed by atoms with E-state index in [4.69, 9.17) is 4.42 Å². The minimum Gasteiger partial charge on any atom is -0.423 e. The van der Waals surface area contributed by atoms with Crippen LogP contribution in [0.5, 0.6) is 0 Å². The van der Waals surface area contributed by atoms with E-state index in [2.05, 4.69) is 56.4 Å². The van der Waals surface area contributed by atoms with Crippen LogP contribution < -0.4 is 10.9 Å². The monoisotopic (exact) mass is 321 g/mol. The SMILES string of the molecule is Cc1cc2oc(=O)cc(CNc3cccc(C(C)C)c3)c2cc1C. The third-order valence-electron chi connectivity index (χ3n) is 4.48. The van der Waals surface area contributed by atoms with Gasteiger partial charge in [0.25, 0.3) is 0 Å². The number of aryl methyl sites for hydroxylation is 2. The highest BCUT2D eigenvalue weighted by molar-refractivity contribution is 5.82. The van der Waals surface area contributed by atoms with Gasteiger partial charge in [-0.3, -0.25) is 0 Å². The molecule has 124 valence electrons. The van der Waals surface area contributed by atoms with E-state index in [1.54, 1.807) is 6.07 Å². The molecule has 2 aromatic carbocycles. The number of hydrogen-bond acceptors (Lipinski definition) is 3. The Kier molecular flexibility index (Phi) is 4.43. The van der Waals surface area contributed by atoms with Gasteiger partial charge in [-0.25, -0.2) is 4.79 Å². The second kappa shape index (κ2) is 6.52. The minimum absolute atomic E-state index is 0.307. The first-order valence-corrected chi connectivity index (χ1v) is 8.32. The van der Waals surface area contributed by atoms with Crippen LogP contribution >= 0.6 is 0 Å². The lowest BCUT2D eigenvalue weighted by Gasteiger charge is -2.12. The number of nitrogens with one attached hydrogen (secondary N) is 1. The third kappa shape index (κ3) is 3.35. The second-order valence-electron chi connectivity index (χ2n) is 6.66. The zero-order valence-corrected chi connectivity index (χ0v) is 14.6.